The smallest absolute Gasteiger partial charge is 0.312 e. The summed E-state index contributed by atoms with van der Waals surface area (Å²) < 4.78 is 24.0. The standard InChI is InChI=1S/C6H15N3O3S/c1-6(2,4-8-5(7)10)9-13(3,11)12/h9H,4H2,1-3H3,(H3,7,8,10). The van der Waals surface area contributed by atoms with Crippen molar-refractivity contribution in [3.8, 4) is 0 Å². The van der Waals surface area contributed by atoms with Gasteiger partial charge in [0.05, 0.1) is 6.26 Å². The molecule has 78 valence electrons. The van der Waals surface area contributed by atoms with Gasteiger partial charge in [-0.05, 0) is 13.8 Å². The average molecular weight is 209 g/mol. The van der Waals surface area contributed by atoms with Crippen LogP contribution in [-0.4, -0.2) is 32.8 Å². The predicted molar refractivity (Wildman–Crippen MR) is 49.6 cm³/mol. The van der Waals surface area contributed by atoms with Gasteiger partial charge in [0.25, 0.3) is 0 Å². The largest absolute Gasteiger partial charge is 0.352 e. The maximum absolute atomic E-state index is 10.8. The average Bonchev–Trinajstić information content (AvgIpc) is 1.78. The maximum Gasteiger partial charge on any atom is 0.312 e. The molecule has 0 saturated carbocycles. The Morgan fingerprint density at radius 2 is 1.92 bits per heavy atom. The number of urea groups is 1. The van der Waals surface area contributed by atoms with Gasteiger partial charge in [0.2, 0.25) is 10.0 Å². The van der Waals surface area contributed by atoms with E-state index in [-0.39, 0.29) is 6.54 Å². The SMILES string of the molecule is CC(C)(CNC(N)=O)NS(C)(=O)=O. The van der Waals surface area contributed by atoms with Crippen LogP contribution in [0.15, 0.2) is 0 Å². The Hall–Kier alpha value is -0.820. The van der Waals surface area contributed by atoms with Crippen LogP contribution in [0, 0.1) is 0 Å². The molecule has 0 aliphatic heterocycles. The van der Waals surface area contributed by atoms with Gasteiger partial charge in [-0.1, -0.05) is 0 Å². The lowest BCUT2D eigenvalue weighted by Gasteiger charge is -2.24. The van der Waals surface area contributed by atoms with Gasteiger partial charge in [-0.15, -0.1) is 0 Å². The van der Waals surface area contributed by atoms with Crippen molar-refractivity contribution < 1.29 is 13.2 Å². The van der Waals surface area contributed by atoms with Gasteiger partial charge in [-0.3, -0.25) is 0 Å². The summed E-state index contributed by atoms with van der Waals surface area (Å²) in [5.41, 5.74) is 4.10. The van der Waals surface area contributed by atoms with E-state index in [1.807, 2.05) is 0 Å². The topological polar surface area (TPSA) is 101 Å². The van der Waals surface area contributed by atoms with Crippen molar-refractivity contribution in [1.82, 2.24) is 10.0 Å². The fourth-order valence-corrected chi connectivity index (χ4v) is 1.92. The lowest BCUT2D eigenvalue weighted by Crippen LogP contribution is -2.51. The molecule has 0 bridgehead atoms. The van der Waals surface area contributed by atoms with E-state index in [0.29, 0.717) is 0 Å². The van der Waals surface area contributed by atoms with E-state index in [2.05, 4.69) is 10.0 Å². The zero-order valence-corrected chi connectivity index (χ0v) is 8.73. The number of nitrogens with one attached hydrogen (secondary N) is 2. The second-order valence-electron chi connectivity index (χ2n) is 3.48. The van der Waals surface area contributed by atoms with Crippen molar-refractivity contribution >= 4 is 16.1 Å². The van der Waals surface area contributed by atoms with Crippen molar-refractivity contribution in [1.29, 1.82) is 0 Å². The van der Waals surface area contributed by atoms with Gasteiger partial charge < -0.3 is 11.1 Å². The van der Waals surface area contributed by atoms with Crippen molar-refractivity contribution in [3.63, 3.8) is 0 Å². The van der Waals surface area contributed by atoms with Crippen LogP contribution in [0.1, 0.15) is 13.8 Å². The zero-order chi connectivity index (χ0) is 10.7. The first-order chi connectivity index (χ1) is 5.62. The third-order valence-electron chi connectivity index (χ3n) is 1.17. The zero-order valence-electron chi connectivity index (χ0n) is 7.92. The molecule has 0 aliphatic carbocycles. The van der Waals surface area contributed by atoms with Crippen LogP contribution >= 0.6 is 0 Å². The molecule has 13 heavy (non-hydrogen) atoms. The van der Waals surface area contributed by atoms with E-state index in [9.17, 15) is 13.2 Å². The number of primary amides is 1. The summed E-state index contributed by atoms with van der Waals surface area (Å²) in [5.74, 6) is 0. The number of nitrogens with two attached hydrogens (primary N) is 1. The molecular formula is C6H15N3O3S. The molecule has 0 heterocycles. The summed E-state index contributed by atoms with van der Waals surface area (Å²) in [4.78, 5) is 10.3. The molecule has 0 aromatic heterocycles. The summed E-state index contributed by atoms with van der Waals surface area (Å²) >= 11 is 0. The predicted octanol–water partition coefficient (Wildman–Crippen LogP) is -1.02. The lowest BCUT2D eigenvalue weighted by atomic mass is 10.1. The monoisotopic (exact) mass is 209 g/mol. The van der Waals surface area contributed by atoms with Crippen LogP contribution in [0.3, 0.4) is 0 Å². The van der Waals surface area contributed by atoms with Gasteiger partial charge >= 0.3 is 6.03 Å². The second-order valence-corrected chi connectivity index (χ2v) is 5.22. The number of hydrogen-bond donors (Lipinski definition) is 3. The van der Waals surface area contributed by atoms with Crippen LogP contribution in [0.4, 0.5) is 4.79 Å². The third-order valence-corrected chi connectivity index (χ3v) is 2.09. The summed E-state index contributed by atoms with van der Waals surface area (Å²) in [6, 6.07) is -0.677. The molecule has 7 heteroatoms. The Morgan fingerprint density at radius 3 is 2.23 bits per heavy atom. The molecule has 0 radical (unpaired) electrons. The van der Waals surface area contributed by atoms with E-state index < -0.39 is 21.6 Å². The minimum atomic E-state index is -3.27. The summed E-state index contributed by atoms with van der Waals surface area (Å²) in [5, 5.41) is 2.32. The van der Waals surface area contributed by atoms with Crippen LogP contribution in [0.2, 0.25) is 0 Å². The van der Waals surface area contributed by atoms with Crippen LogP contribution < -0.4 is 15.8 Å². The Labute approximate surface area is 77.9 Å². The molecular weight excluding hydrogens is 194 g/mol. The van der Waals surface area contributed by atoms with Gasteiger partial charge in [0.15, 0.2) is 0 Å². The fraction of sp³-hybridized carbons (Fsp3) is 0.833. The summed E-state index contributed by atoms with van der Waals surface area (Å²) in [6.07, 6.45) is 1.05. The van der Waals surface area contributed by atoms with Crippen molar-refractivity contribution in [2.24, 2.45) is 5.73 Å². The second kappa shape index (κ2) is 3.93. The highest BCUT2D eigenvalue weighted by atomic mass is 32.2. The number of carbonyl (C=O) groups is 1. The summed E-state index contributed by atoms with van der Waals surface area (Å²) in [7, 11) is -3.27. The first-order valence-electron chi connectivity index (χ1n) is 3.65. The van der Waals surface area contributed by atoms with Gasteiger partial charge in [-0.25, -0.2) is 17.9 Å². The normalized spacial score (nSPS) is 12.5. The minimum Gasteiger partial charge on any atom is -0.352 e. The molecule has 0 rings (SSSR count). The van der Waals surface area contributed by atoms with Gasteiger partial charge in [0, 0.05) is 12.1 Å². The number of hydrogen-bond acceptors (Lipinski definition) is 3. The van der Waals surface area contributed by atoms with Crippen molar-refractivity contribution in [3.05, 3.63) is 0 Å². The molecule has 0 spiro atoms. The molecule has 0 aliphatic rings. The molecule has 0 atom stereocenters. The van der Waals surface area contributed by atoms with E-state index >= 15 is 0 Å². The Kier molecular flexibility index (Phi) is 3.68. The van der Waals surface area contributed by atoms with Gasteiger partial charge in [-0.2, -0.15) is 0 Å². The lowest BCUT2D eigenvalue weighted by molar-refractivity contribution is 0.246. The first kappa shape index (κ1) is 12.2. The molecule has 4 N–H and O–H groups in total. The number of rotatable bonds is 4. The molecule has 0 fully saturated rings. The molecule has 0 saturated heterocycles. The Bertz CT molecular complexity index is 283. The van der Waals surface area contributed by atoms with Crippen molar-refractivity contribution in [2.75, 3.05) is 12.8 Å². The maximum atomic E-state index is 10.8. The third kappa shape index (κ3) is 7.54. The van der Waals surface area contributed by atoms with Crippen molar-refractivity contribution in [2.45, 2.75) is 19.4 Å². The molecule has 0 aromatic rings. The molecule has 0 aromatic carbocycles. The van der Waals surface area contributed by atoms with E-state index in [1.54, 1.807) is 13.8 Å². The minimum absolute atomic E-state index is 0.148. The van der Waals surface area contributed by atoms with Crippen LogP contribution in [-0.2, 0) is 10.0 Å². The molecule has 6 nitrogen and oxygen atoms in total. The molecule has 0 unspecified atom stereocenters. The number of amides is 2. The van der Waals surface area contributed by atoms with E-state index in [1.165, 1.54) is 0 Å². The number of sulfonamides is 1. The fourth-order valence-electron chi connectivity index (χ4n) is 0.846. The highest BCUT2D eigenvalue weighted by Gasteiger charge is 2.21. The number of carbonyl (C=O) groups excluding carboxylic acids is 1. The summed E-state index contributed by atoms with van der Waals surface area (Å²) in [6.45, 7) is 3.43. The Morgan fingerprint density at radius 1 is 1.46 bits per heavy atom. The van der Waals surface area contributed by atoms with E-state index in [4.69, 9.17) is 5.73 Å². The van der Waals surface area contributed by atoms with Crippen LogP contribution in [0.5, 0.6) is 0 Å². The van der Waals surface area contributed by atoms with E-state index in [0.717, 1.165) is 6.26 Å². The van der Waals surface area contributed by atoms with Gasteiger partial charge in [0.1, 0.15) is 0 Å². The van der Waals surface area contributed by atoms with Crippen LogP contribution in [0.25, 0.3) is 0 Å². The first-order valence-corrected chi connectivity index (χ1v) is 5.54. The quantitative estimate of drug-likeness (QED) is 0.552. The highest BCUT2D eigenvalue weighted by molar-refractivity contribution is 7.88. The Balaban J connectivity index is 4.17. The highest BCUT2D eigenvalue weighted by Crippen LogP contribution is 2.01. The molecule has 2 amide bonds.